The first kappa shape index (κ1) is 17.9. The summed E-state index contributed by atoms with van der Waals surface area (Å²) in [4.78, 5) is 27.7. The summed E-state index contributed by atoms with van der Waals surface area (Å²) in [6.07, 6.45) is 1.28. The van der Waals surface area contributed by atoms with Gasteiger partial charge in [-0.05, 0) is 45.2 Å². The molecule has 0 saturated carbocycles. The van der Waals surface area contributed by atoms with Crippen LogP contribution in [0.4, 0.5) is 0 Å². The first-order valence-corrected chi connectivity index (χ1v) is 8.95. The summed E-state index contributed by atoms with van der Waals surface area (Å²) in [5.74, 6) is -0.102. The summed E-state index contributed by atoms with van der Waals surface area (Å²) in [7, 11) is 0. The van der Waals surface area contributed by atoms with E-state index in [1.165, 1.54) is 0 Å². The summed E-state index contributed by atoms with van der Waals surface area (Å²) in [5.41, 5.74) is 8.09. The van der Waals surface area contributed by atoms with Crippen molar-refractivity contribution in [2.75, 3.05) is 0 Å². The predicted octanol–water partition coefficient (Wildman–Crippen LogP) is 1.11. The second-order valence-corrected chi connectivity index (χ2v) is 8.17. The minimum atomic E-state index is -0.473. The van der Waals surface area contributed by atoms with Crippen LogP contribution in [0.5, 0.6) is 0 Å². The summed E-state index contributed by atoms with van der Waals surface area (Å²) in [5, 5.41) is 3.04. The van der Waals surface area contributed by atoms with E-state index in [1.54, 1.807) is 4.90 Å². The molecule has 3 N–H and O–H groups in total. The van der Waals surface area contributed by atoms with Crippen molar-refractivity contribution in [3.05, 3.63) is 35.4 Å². The van der Waals surface area contributed by atoms with Gasteiger partial charge in [-0.1, -0.05) is 24.3 Å². The molecule has 136 valence electrons. The maximum Gasteiger partial charge on any atom is 0.243 e. The van der Waals surface area contributed by atoms with Gasteiger partial charge in [0.1, 0.15) is 12.1 Å². The van der Waals surface area contributed by atoms with Crippen LogP contribution in [0.25, 0.3) is 0 Å². The first-order chi connectivity index (χ1) is 11.7. The van der Waals surface area contributed by atoms with E-state index in [9.17, 15) is 9.59 Å². The van der Waals surface area contributed by atoms with E-state index in [2.05, 4.69) is 16.2 Å². The van der Waals surface area contributed by atoms with Crippen molar-refractivity contribution in [1.29, 1.82) is 0 Å². The lowest BCUT2D eigenvalue weighted by molar-refractivity contribution is -0.143. The fourth-order valence-electron chi connectivity index (χ4n) is 3.52. The molecule has 0 spiro atoms. The van der Waals surface area contributed by atoms with Gasteiger partial charge in [-0.2, -0.15) is 0 Å². The molecule has 2 aliphatic heterocycles. The van der Waals surface area contributed by atoms with Crippen molar-refractivity contribution >= 4 is 11.8 Å². The minimum Gasteiger partial charge on any atom is -0.350 e. The minimum absolute atomic E-state index is 0.0135. The average molecular weight is 344 g/mol. The van der Waals surface area contributed by atoms with Crippen LogP contribution in [0, 0.1) is 0 Å². The Hall–Kier alpha value is -1.92. The normalized spacial score (nSPS) is 26.2. The molecular weight excluding hydrogens is 316 g/mol. The van der Waals surface area contributed by atoms with Gasteiger partial charge in [-0.3, -0.25) is 15.0 Å². The lowest BCUT2D eigenvalue weighted by Crippen LogP contribution is -2.58. The molecule has 25 heavy (non-hydrogen) atoms. The van der Waals surface area contributed by atoms with E-state index in [0.29, 0.717) is 13.0 Å². The van der Waals surface area contributed by atoms with Crippen LogP contribution in [-0.4, -0.2) is 40.4 Å². The fourth-order valence-corrected chi connectivity index (χ4v) is 3.52. The SMILES string of the molecule is CC1CC(C(=O)N2Cc3ccccc3C[C@H]2C(=O)NC(C)(C)C)NN1. The van der Waals surface area contributed by atoms with E-state index in [-0.39, 0.29) is 29.4 Å². The molecule has 6 heteroatoms. The number of hydrogen-bond donors (Lipinski definition) is 3. The number of carbonyl (C=O) groups excluding carboxylic acids is 2. The number of nitrogens with zero attached hydrogens (tertiary/aromatic N) is 1. The first-order valence-electron chi connectivity index (χ1n) is 8.95. The summed E-state index contributed by atoms with van der Waals surface area (Å²) < 4.78 is 0. The predicted molar refractivity (Wildman–Crippen MR) is 96.5 cm³/mol. The quantitative estimate of drug-likeness (QED) is 0.751. The Morgan fingerprint density at radius 1 is 1.16 bits per heavy atom. The highest BCUT2D eigenvalue weighted by molar-refractivity contribution is 5.91. The Kier molecular flexibility index (Phi) is 4.84. The zero-order valence-corrected chi connectivity index (χ0v) is 15.4. The van der Waals surface area contributed by atoms with Crippen molar-refractivity contribution in [2.24, 2.45) is 0 Å². The lowest BCUT2D eigenvalue weighted by Gasteiger charge is -2.38. The van der Waals surface area contributed by atoms with Crippen LogP contribution in [0.1, 0.15) is 45.2 Å². The Morgan fingerprint density at radius 3 is 2.44 bits per heavy atom. The van der Waals surface area contributed by atoms with Gasteiger partial charge in [0, 0.05) is 24.5 Å². The third-order valence-corrected chi connectivity index (χ3v) is 4.72. The van der Waals surface area contributed by atoms with Crippen molar-refractivity contribution in [1.82, 2.24) is 21.1 Å². The van der Waals surface area contributed by atoms with Crippen LogP contribution in [0.15, 0.2) is 24.3 Å². The van der Waals surface area contributed by atoms with Crippen LogP contribution < -0.4 is 16.2 Å². The number of fused-ring (bicyclic) bond motifs is 1. The maximum absolute atomic E-state index is 13.1. The lowest BCUT2D eigenvalue weighted by atomic mass is 9.92. The molecule has 2 heterocycles. The fraction of sp³-hybridized carbons (Fsp3) is 0.579. The highest BCUT2D eigenvalue weighted by Crippen LogP contribution is 2.25. The standard InChI is InChI=1S/C19H28N4O2/c1-12-9-15(22-21-12)18(25)23-11-14-8-6-5-7-13(14)10-16(23)17(24)20-19(2,3)4/h5-8,12,15-16,21-22H,9-11H2,1-4H3,(H,20,24)/t12?,15?,16-/m0/s1. The van der Waals surface area contributed by atoms with Gasteiger partial charge in [-0.15, -0.1) is 0 Å². The van der Waals surface area contributed by atoms with Crippen LogP contribution in [0.3, 0.4) is 0 Å². The van der Waals surface area contributed by atoms with E-state index < -0.39 is 6.04 Å². The molecule has 1 aromatic rings. The molecule has 6 nitrogen and oxygen atoms in total. The number of benzene rings is 1. The number of rotatable bonds is 2. The maximum atomic E-state index is 13.1. The van der Waals surface area contributed by atoms with Crippen molar-refractivity contribution in [3.63, 3.8) is 0 Å². The molecule has 2 aliphatic rings. The molecule has 2 amide bonds. The van der Waals surface area contributed by atoms with E-state index in [0.717, 1.165) is 17.5 Å². The summed E-state index contributed by atoms with van der Waals surface area (Å²) in [6, 6.07) is 7.54. The second-order valence-electron chi connectivity index (χ2n) is 8.17. The summed E-state index contributed by atoms with van der Waals surface area (Å²) in [6.45, 7) is 8.38. The Labute approximate surface area is 149 Å². The average Bonchev–Trinajstić information content (AvgIpc) is 2.98. The number of carbonyl (C=O) groups is 2. The monoisotopic (exact) mass is 344 g/mol. The molecule has 0 bridgehead atoms. The zero-order valence-electron chi connectivity index (χ0n) is 15.4. The Bertz CT molecular complexity index is 668. The van der Waals surface area contributed by atoms with E-state index >= 15 is 0 Å². The molecule has 3 rings (SSSR count). The Morgan fingerprint density at radius 2 is 1.84 bits per heavy atom. The molecule has 3 atom stereocenters. The highest BCUT2D eigenvalue weighted by Gasteiger charge is 2.39. The molecule has 2 unspecified atom stereocenters. The van der Waals surface area contributed by atoms with Gasteiger partial charge in [-0.25, -0.2) is 5.43 Å². The molecule has 1 saturated heterocycles. The molecule has 1 fully saturated rings. The number of hydrogen-bond acceptors (Lipinski definition) is 4. The molecule has 0 radical (unpaired) electrons. The van der Waals surface area contributed by atoms with Gasteiger partial charge in [0.05, 0.1) is 0 Å². The molecular formula is C19H28N4O2. The third kappa shape index (κ3) is 4.02. The van der Waals surface area contributed by atoms with E-state index in [1.807, 2.05) is 52.0 Å². The third-order valence-electron chi connectivity index (χ3n) is 4.72. The topological polar surface area (TPSA) is 73.5 Å². The molecule has 0 aromatic heterocycles. The molecule has 0 aliphatic carbocycles. The second kappa shape index (κ2) is 6.77. The number of hydrazine groups is 1. The van der Waals surface area contributed by atoms with Crippen molar-refractivity contribution in [3.8, 4) is 0 Å². The van der Waals surface area contributed by atoms with Crippen molar-refractivity contribution < 1.29 is 9.59 Å². The number of nitrogens with one attached hydrogen (secondary N) is 3. The van der Waals surface area contributed by atoms with Crippen molar-refractivity contribution in [2.45, 2.75) is 70.7 Å². The largest absolute Gasteiger partial charge is 0.350 e. The number of amides is 2. The van der Waals surface area contributed by atoms with Gasteiger partial charge in [0.25, 0.3) is 0 Å². The Balaban J connectivity index is 1.86. The van der Waals surface area contributed by atoms with Gasteiger partial charge in [0.15, 0.2) is 0 Å². The van der Waals surface area contributed by atoms with E-state index in [4.69, 9.17) is 0 Å². The van der Waals surface area contributed by atoms with Crippen LogP contribution in [0.2, 0.25) is 0 Å². The molecule has 1 aromatic carbocycles. The van der Waals surface area contributed by atoms with Crippen LogP contribution in [-0.2, 0) is 22.6 Å². The highest BCUT2D eigenvalue weighted by atomic mass is 16.2. The zero-order chi connectivity index (χ0) is 18.2. The summed E-state index contributed by atoms with van der Waals surface area (Å²) >= 11 is 0. The smallest absolute Gasteiger partial charge is 0.243 e. The van der Waals surface area contributed by atoms with Gasteiger partial charge >= 0.3 is 0 Å². The van der Waals surface area contributed by atoms with Gasteiger partial charge in [0.2, 0.25) is 11.8 Å². The van der Waals surface area contributed by atoms with Crippen LogP contribution >= 0.6 is 0 Å². The van der Waals surface area contributed by atoms with Gasteiger partial charge < -0.3 is 10.2 Å².